The number of aliphatic carboxylic acids is 1. The number of ether oxygens (including phenoxy) is 2. The zero-order valence-corrected chi connectivity index (χ0v) is 24.7. The predicted octanol–water partition coefficient (Wildman–Crippen LogP) is 4.99. The minimum absolute atomic E-state index is 0.00776. The van der Waals surface area contributed by atoms with Gasteiger partial charge in [-0.15, -0.1) is 0 Å². The minimum atomic E-state index is -1.02. The number of methoxy groups -OCH3 is 2. The van der Waals surface area contributed by atoms with E-state index in [0.717, 1.165) is 11.1 Å². The molecule has 1 atom stereocenters. The van der Waals surface area contributed by atoms with Crippen molar-refractivity contribution < 1.29 is 34.1 Å². The van der Waals surface area contributed by atoms with Gasteiger partial charge in [0, 0.05) is 24.2 Å². The van der Waals surface area contributed by atoms with Crippen molar-refractivity contribution in [1.29, 1.82) is 0 Å². The van der Waals surface area contributed by atoms with Crippen LogP contribution in [-0.2, 0) is 11.2 Å². The van der Waals surface area contributed by atoms with E-state index >= 15 is 0 Å². The first-order valence-corrected chi connectivity index (χ1v) is 14.2. The maximum absolute atomic E-state index is 14.1. The molecule has 9 heteroatoms. The Hall–Kier alpha value is -5.15. The van der Waals surface area contributed by atoms with E-state index in [-0.39, 0.29) is 32.0 Å². The fraction of sp³-hybridized carbons (Fsp3) is 0.229. The minimum Gasteiger partial charge on any atom is -0.493 e. The Morgan fingerprint density at radius 3 is 2.05 bits per heavy atom. The molecule has 0 aliphatic carbocycles. The fourth-order valence-electron chi connectivity index (χ4n) is 5.10. The summed E-state index contributed by atoms with van der Waals surface area (Å²) >= 11 is 0. The van der Waals surface area contributed by atoms with Crippen LogP contribution in [0, 0.1) is 0 Å². The smallest absolute Gasteiger partial charge is 0.305 e. The number of hydrogen-bond acceptors (Lipinski definition) is 6. The van der Waals surface area contributed by atoms with Crippen LogP contribution >= 0.6 is 0 Å². The van der Waals surface area contributed by atoms with Crippen molar-refractivity contribution in [2.75, 3.05) is 33.9 Å². The molecule has 0 aromatic heterocycles. The zero-order valence-electron chi connectivity index (χ0n) is 24.7. The summed E-state index contributed by atoms with van der Waals surface area (Å²) in [5.41, 5.74) is 3.30. The first kappa shape index (κ1) is 31.8. The Balaban J connectivity index is 1.65. The summed E-state index contributed by atoms with van der Waals surface area (Å²) in [6, 6.07) is 28.0. The van der Waals surface area contributed by atoms with Crippen LogP contribution in [0.25, 0.3) is 11.1 Å². The van der Waals surface area contributed by atoms with Crippen LogP contribution in [0.5, 0.6) is 11.5 Å². The van der Waals surface area contributed by atoms with E-state index in [2.05, 4.69) is 5.32 Å². The van der Waals surface area contributed by atoms with Crippen molar-refractivity contribution in [1.82, 2.24) is 10.2 Å². The first-order chi connectivity index (χ1) is 21.4. The lowest BCUT2D eigenvalue weighted by Gasteiger charge is -2.25. The van der Waals surface area contributed by atoms with E-state index in [1.807, 2.05) is 42.5 Å². The molecule has 4 aromatic carbocycles. The standard InChI is InChI=1S/C35H36N2O7/c1-43-31-18-10-13-25(33(31)44-2)19-21-37(22-20-32(39)40)35(42)29-17-9-7-15-27(29)26-14-6-8-16-28(26)34(41)36-30(23-38)24-11-4-3-5-12-24/h3-18,30,38H,19-23H2,1-2H3,(H,36,41)(H,39,40)/t30-/m1/s1. The highest BCUT2D eigenvalue weighted by Crippen LogP contribution is 2.32. The van der Waals surface area contributed by atoms with Crippen molar-refractivity contribution in [2.45, 2.75) is 18.9 Å². The predicted molar refractivity (Wildman–Crippen MR) is 167 cm³/mol. The lowest BCUT2D eigenvalue weighted by Crippen LogP contribution is -2.35. The molecule has 4 rings (SSSR count). The third-order valence-electron chi connectivity index (χ3n) is 7.33. The Kier molecular flexibility index (Phi) is 11.1. The van der Waals surface area contributed by atoms with Gasteiger partial charge in [-0.2, -0.15) is 0 Å². The number of carbonyl (C=O) groups is 3. The summed E-state index contributed by atoms with van der Waals surface area (Å²) in [7, 11) is 3.09. The third kappa shape index (κ3) is 7.62. The fourth-order valence-corrected chi connectivity index (χ4v) is 5.10. The molecule has 9 nitrogen and oxygen atoms in total. The topological polar surface area (TPSA) is 125 Å². The van der Waals surface area contributed by atoms with Gasteiger partial charge < -0.3 is 29.9 Å². The van der Waals surface area contributed by atoms with Crippen LogP contribution in [0.1, 0.15) is 44.3 Å². The molecule has 0 spiro atoms. The molecule has 3 N–H and O–H groups in total. The van der Waals surface area contributed by atoms with Gasteiger partial charge >= 0.3 is 5.97 Å². The van der Waals surface area contributed by atoms with Crippen LogP contribution < -0.4 is 14.8 Å². The Bertz CT molecular complexity index is 1590. The van der Waals surface area contributed by atoms with Crippen LogP contribution in [0.2, 0.25) is 0 Å². The van der Waals surface area contributed by atoms with Crippen molar-refractivity contribution in [3.05, 3.63) is 119 Å². The number of nitrogens with one attached hydrogen (secondary N) is 1. The van der Waals surface area contributed by atoms with Crippen LogP contribution in [0.15, 0.2) is 97.1 Å². The van der Waals surface area contributed by atoms with E-state index in [9.17, 15) is 24.6 Å². The molecule has 0 fully saturated rings. The summed E-state index contributed by atoms with van der Waals surface area (Å²) in [5.74, 6) is -0.675. The van der Waals surface area contributed by atoms with E-state index in [1.54, 1.807) is 68.8 Å². The number of para-hydroxylation sites is 1. The van der Waals surface area contributed by atoms with Crippen LogP contribution in [-0.4, -0.2) is 66.8 Å². The number of aliphatic hydroxyl groups excluding tert-OH is 1. The highest BCUT2D eigenvalue weighted by atomic mass is 16.5. The van der Waals surface area contributed by atoms with Gasteiger partial charge in [-0.25, -0.2) is 0 Å². The molecule has 0 radical (unpaired) electrons. The van der Waals surface area contributed by atoms with E-state index < -0.39 is 17.9 Å². The summed E-state index contributed by atoms with van der Waals surface area (Å²) in [5, 5.41) is 22.3. The van der Waals surface area contributed by atoms with Crippen LogP contribution in [0.4, 0.5) is 0 Å². The van der Waals surface area contributed by atoms with Crippen molar-refractivity contribution >= 4 is 17.8 Å². The van der Waals surface area contributed by atoms with Gasteiger partial charge in [0.25, 0.3) is 11.8 Å². The lowest BCUT2D eigenvalue weighted by molar-refractivity contribution is -0.137. The second-order valence-corrected chi connectivity index (χ2v) is 10.0. The SMILES string of the molecule is COc1cccc(CCN(CCC(=O)O)C(=O)c2ccccc2-c2ccccc2C(=O)N[C@H](CO)c2ccccc2)c1OC. The Labute approximate surface area is 256 Å². The molecule has 0 aliphatic heterocycles. The maximum atomic E-state index is 14.1. The summed E-state index contributed by atoms with van der Waals surface area (Å²) in [6.07, 6.45) is 0.166. The first-order valence-electron chi connectivity index (χ1n) is 14.2. The van der Waals surface area contributed by atoms with Gasteiger partial charge in [0.1, 0.15) is 0 Å². The van der Waals surface area contributed by atoms with Gasteiger partial charge in [0.2, 0.25) is 0 Å². The zero-order chi connectivity index (χ0) is 31.5. The molecule has 0 saturated heterocycles. The second kappa shape index (κ2) is 15.4. The van der Waals surface area contributed by atoms with Crippen molar-refractivity contribution in [2.24, 2.45) is 0 Å². The number of hydrogen-bond donors (Lipinski definition) is 3. The summed E-state index contributed by atoms with van der Waals surface area (Å²) < 4.78 is 10.9. The molecule has 2 amide bonds. The molecule has 0 unspecified atom stereocenters. The highest BCUT2D eigenvalue weighted by molar-refractivity contribution is 6.06. The number of amides is 2. The van der Waals surface area contributed by atoms with E-state index in [0.29, 0.717) is 40.2 Å². The molecule has 0 saturated carbocycles. The summed E-state index contributed by atoms with van der Waals surface area (Å²) in [4.78, 5) is 40.6. The molecule has 44 heavy (non-hydrogen) atoms. The van der Waals surface area contributed by atoms with Gasteiger partial charge in [-0.05, 0) is 46.9 Å². The average molecular weight is 597 g/mol. The number of benzene rings is 4. The molecule has 0 heterocycles. The van der Waals surface area contributed by atoms with Crippen molar-refractivity contribution in [3.63, 3.8) is 0 Å². The quantitative estimate of drug-likeness (QED) is 0.187. The lowest BCUT2D eigenvalue weighted by atomic mass is 9.94. The molecule has 4 aromatic rings. The maximum Gasteiger partial charge on any atom is 0.305 e. The van der Waals surface area contributed by atoms with Gasteiger partial charge in [0.05, 0.1) is 33.3 Å². The molecule has 0 bridgehead atoms. The van der Waals surface area contributed by atoms with Crippen molar-refractivity contribution in [3.8, 4) is 22.6 Å². The molecule has 228 valence electrons. The van der Waals surface area contributed by atoms with Gasteiger partial charge in [-0.3, -0.25) is 14.4 Å². The third-order valence-corrected chi connectivity index (χ3v) is 7.33. The Morgan fingerprint density at radius 1 is 0.773 bits per heavy atom. The van der Waals surface area contributed by atoms with E-state index in [1.165, 1.54) is 4.90 Å². The largest absolute Gasteiger partial charge is 0.493 e. The number of carbonyl (C=O) groups excluding carboxylic acids is 2. The van der Waals surface area contributed by atoms with E-state index in [4.69, 9.17) is 9.47 Å². The molecular weight excluding hydrogens is 560 g/mol. The molecule has 0 aliphatic rings. The number of carboxylic acids is 1. The number of carboxylic acid groups (broad SMARTS) is 1. The number of aliphatic hydroxyl groups is 1. The average Bonchev–Trinajstić information content (AvgIpc) is 3.06. The molecular formula is C35H36N2O7. The number of nitrogens with zero attached hydrogens (tertiary/aromatic N) is 1. The second-order valence-electron chi connectivity index (χ2n) is 10.0. The normalized spacial score (nSPS) is 11.3. The number of rotatable bonds is 14. The van der Waals surface area contributed by atoms with Crippen LogP contribution in [0.3, 0.4) is 0 Å². The monoisotopic (exact) mass is 596 g/mol. The Morgan fingerprint density at radius 2 is 1.41 bits per heavy atom. The van der Waals surface area contributed by atoms with Gasteiger partial charge in [0.15, 0.2) is 11.5 Å². The summed E-state index contributed by atoms with van der Waals surface area (Å²) in [6.45, 7) is -0.0723. The van der Waals surface area contributed by atoms with Gasteiger partial charge in [-0.1, -0.05) is 78.9 Å². The highest BCUT2D eigenvalue weighted by Gasteiger charge is 2.24.